The Bertz CT molecular complexity index is 611. The SMILES string of the molecule is CNc1c(C)c(C)nc2c(Cl)c(Cl)c(Br)cc12. The number of aryl methyl sites for hydroxylation is 1. The zero-order valence-corrected chi connectivity index (χ0v) is 12.8. The quantitative estimate of drug-likeness (QED) is 0.746. The first-order valence-corrected chi connectivity index (χ1v) is 6.64. The molecule has 0 saturated carbocycles. The van der Waals surface area contributed by atoms with Crippen molar-refractivity contribution < 1.29 is 0 Å². The van der Waals surface area contributed by atoms with Crippen LogP contribution in [0.15, 0.2) is 10.5 Å². The van der Waals surface area contributed by atoms with Crippen molar-refractivity contribution in [3.05, 3.63) is 31.8 Å². The van der Waals surface area contributed by atoms with Crippen molar-refractivity contribution in [2.75, 3.05) is 12.4 Å². The molecule has 0 bridgehead atoms. The number of aromatic nitrogens is 1. The number of fused-ring (bicyclic) bond motifs is 1. The molecule has 0 fully saturated rings. The minimum absolute atomic E-state index is 0.482. The van der Waals surface area contributed by atoms with Crippen molar-refractivity contribution in [1.82, 2.24) is 4.98 Å². The van der Waals surface area contributed by atoms with E-state index in [1.54, 1.807) is 0 Å². The zero-order valence-electron chi connectivity index (χ0n) is 9.66. The van der Waals surface area contributed by atoms with E-state index in [-0.39, 0.29) is 0 Å². The lowest BCUT2D eigenvalue weighted by Gasteiger charge is -2.14. The number of pyridine rings is 1. The fourth-order valence-corrected chi connectivity index (χ4v) is 2.77. The first-order chi connectivity index (χ1) is 7.97. The summed E-state index contributed by atoms with van der Waals surface area (Å²) in [6, 6.07) is 1.94. The molecule has 1 N–H and O–H groups in total. The first kappa shape index (κ1) is 12.9. The van der Waals surface area contributed by atoms with E-state index in [1.807, 2.05) is 27.0 Å². The Balaban J connectivity index is 3.01. The predicted molar refractivity (Wildman–Crippen MR) is 78.5 cm³/mol. The summed E-state index contributed by atoms with van der Waals surface area (Å²) in [5.74, 6) is 0. The lowest BCUT2D eigenvalue weighted by Crippen LogP contribution is -1.99. The third kappa shape index (κ3) is 2.01. The monoisotopic (exact) mass is 332 g/mol. The average Bonchev–Trinajstić information content (AvgIpc) is 2.30. The summed E-state index contributed by atoms with van der Waals surface area (Å²) >= 11 is 15.7. The van der Waals surface area contributed by atoms with Crippen LogP contribution in [0.2, 0.25) is 10.0 Å². The van der Waals surface area contributed by atoms with Gasteiger partial charge in [-0.25, -0.2) is 0 Å². The van der Waals surface area contributed by atoms with Gasteiger partial charge in [-0.2, -0.15) is 0 Å². The summed E-state index contributed by atoms with van der Waals surface area (Å²) in [6.07, 6.45) is 0. The Labute approximate surface area is 118 Å². The van der Waals surface area contributed by atoms with E-state index < -0.39 is 0 Å². The molecule has 0 amide bonds. The molecule has 0 aliphatic heterocycles. The maximum absolute atomic E-state index is 6.23. The summed E-state index contributed by atoms with van der Waals surface area (Å²) in [6.45, 7) is 3.99. The van der Waals surface area contributed by atoms with Crippen molar-refractivity contribution in [2.24, 2.45) is 0 Å². The van der Waals surface area contributed by atoms with Gasteiger partial charge in [-0.05, 0) is 41.4 Å². The fourth-order valence-electron chi connectivity index (χ4n) is 1.84. The molecular weight excluding hydrogens is 323 g/mol. The van der Waals surface area contributed by atoms with Crippen LogP contribution in [0, 0.1) is 13.8 Å². The molecule has 2 rings (SSSR count). The van der Waals surface area contributed by atoms with Gasteiger partial charge in [0.25, 0.3) is 0 Å². The van der Waals surface area contributed by atoms with Gasteiger partial charge in [0.2, 0.25) is 0 Å². The van der Waals surface area contributed by atoms with E-state index in [1.165, 1.54) is 0 Å². The molecule has 0 atom stereocenters. The van der Waals surface area contributed by atoms with Crippen LogP contribution in [0.5, 0.6) is 0 Å². The Morgan fingerprint density at radius 2 is 1.88 bits per heavy atom. The molecule has 90 valence electrons. The number of hydrogen-bond donors (Lipinski definition) is 1. The molecule has 0 aliphatic rings. The normalized spacial score (nSPS) is 10.9. The van der Waals surface area contributed by atoms with Gasteiger partial charge in [0.15, 0.2) is 0 Å². The standard InChI is InChI=1S/C12H11BrCl2N2/c1-5-6(2)17-12-7(11(5)16-3)4-8(13)9(14)10(12)15/h4H,1-3H3,(H,16,17). The van der Waals surface area contributed by atoms with Gasteiger partial charge in [0.1, 0.15) is 0 Å². The van der Waals surface area contributed by atoms with Crippen LogP contribution in [-0.4, -0.2) is 12.0 Å². The highest BCUT2D eigenvalue weighted by atomic mass is 79.9. The Morgan fingerprint density at radius 3 is 2.47 bits per heavy atom. The molecule has 1 aromatic heterocycles. The molecule has 2 aromatic rings. The Morgan fingerprint density at radius 1 is 1.24 bits per heavy atom. The molecule has 0 aliphatic carbocycles. The maximum atomic E-state index is 6.23. The fraction of sp³-hybridized carbons (Fsp3) is 0.250. The van der Waals surface area contributed by atoms with Gasteiger partial charge in [-0.1, -0.05) is 23.2 Å². The predicted octanol–water partition coefficient (Wildman–Crippen LogP) is 4.96. The summed E-state index contributed by atoms with van der Waals surface area (Å²) in [5, 5.41) is 5.14. The summed E-state index contributed by atoms with van der Waals surface area (Å²) < 4.78 is 0.776. The molecule has 0 saturated heterocycles. The molecule has 1 aromatic carbocycles. The smallest absolute Gasteiger partial charge is 0.0928 e. The van der Waals surface area contributed by atoms with Crippen LogP contribution in [0.3, 0.4) is 0 Å². The first-order valence-electron chi connectivity index (χ1n) is 5.09. The number of nitrogens with zero attached hydrogens (tertiary/aromatic N) is 1. The maximum Gasteiger partial charge on any atom is 0.0928 e. The average molecular weight is 334 g/mol. The topological polar surface area (TPSA) is 24.9 Å². The number of nitrogens with one attached hydrogen (secondary N) is 1. The van der Waals surface area contributed by atoms with E-state index >= 15 is 0 Å². The highest BCUT2D eigenvalue weighted by Crippen LogP contribution is 2.39. The highest BCUT2D eigenvalue weighted by Gasteiger charge is 2.15. The molecule has 0 unspecified atom stereocenters. The number of rotatable bonds is 1. The van der Waals surface area contributed by atoms with Crippen molar-refractivity contribution in [1.29, 1.82) is 0 Å². The number of halogens is 3. The van der Waals surface area contributed by atoms with E-state index in [4.69, 9.17) is 23.2 Å². The van der Waals surface area contributed by atoms with Crippen molar-refractivity contribution in [3.8, 4) is 0 Å². The van der Waals surface area contributed by atoms with Crippen LogP contribution >= 0.6 is 39.1 Å². The molecule has 0 radical (unpaired) electrons. The van der Waals surface area contributed by atoms with Crippen LogP contribution in [0.25, 0.3) is 10.9 Å². The molecule has 2 nitrogen and oxygen atoms in total. The molecule has 0 spiro atoms. The lowest BCUT2D eigenvalue weighted by molar-refractivity contribution is 1.19. The minimum Gasteiger partial charge on any atom is -0.387 e. The van der Waals surface area contributed by atoms with Crippen molar-refractivity contribution in [3.63, 3.8) is 0 Å². The summed E-state index contributed by atoms with van der Waals surface area (Å²) in [4.78, 5) is 4.51. The van der Waals surface area contributed by atoms with Gasteiger partial charge in [-0.15, -0.1) is 0 Å². The minimum atomic E-state index is 0.482. The third-order valence-electron chi connectivity index (χ3n) is 2.85. The van der Waals surface area contributed by atoms with Crippen LogP contribution in [0.4, 0.5) is 5.69 Å². The van der Waals surface area contributed by atoms with Crippen LogP contribution in [0.1, 0.15) is 11.3 Å². The molecule has 1 heterocycles. The second kappa shape index (κ2) is 4.63. The van der Waals surface area contributed by atoms with Gasteiger partial charge in [0.05, 0.1) is 15.6 Å². The largest absolute Gasteiger partial charge is 0.387 e. The number of anilines is 1. The summed E-state index contributed by atoms with van der Waals surface area (Å²) in [5.41, 5.74) is 3.83. The van der Waals surface area contributed by atoms with Gasteiger partial charge >= 0.3 is 0 Å². The van der Waals surface area contributed by atoms with Crippen molar-refractivity contribution in [2.45, 2.75) is 13.8 Å². The second-order valence-corrected chi connectivity index (χ2v) is 5.44. The van der Waals surface area contributed by atoms with Crippen LogP contribution < -0.4 is 5.32 Å². The number of hydrogen-bond acceptors (Lipinski definition) is 2. The van der Waals surface area contributed by atoms with Gasteiger partial charge in [-0.3, -0.25) is 4.98 Å². The highest BCUT2D eigenvalue weighted by molar-refractivity contribution is 9.10. The summed E-state index contributed by atoms with van der Waals surface area (Å²) in [7, 11) is 1.89. The van der Waals surface area contributed by atoms with Gasteiger partial charge in [0, 0.05) is 28.3 Å². The molecule has 17 heavy (non-hydrogen) atoms. The van der Waals surface area contributed by atoms with E-state index in [0.717, 1.165) is 32.3 Å². The molecule has 5 heteroatoms. The van der Waals surface area contributed by atoms with E-state index in [9.17, 15) is 0 Å². The molecular formula is C12H11BrCl2N2. The number of benzene rings is 1. The van der Waals surface area contributed by atoms with E-state index in [0.29, 0.717) is 10.0 Å². The van der Waals surface area contributed by atoms with Gasteiger partial charge < -0.3 is 5.32 Å². The Hall–Kier alpha value is -0.510. The van der Waals surface area contributed by atoms with Crippen molar-refractivity contribution >= 4 is 55.7 Å². The second-order valence-electron chi connectivity index (χ2n) is 3.83. The Kier molecular flexibility index (Phi) is 3.53. The third-order valence-corrected chi connectivity index (χ3v) is 4.56. The van der Waals surface area contributed by atoms with E-state index in [2.05, 4.69) is 26.2 Å². The zero-order chi connectivity index (χ0) is 12.7. The van der Waals surface area contributed by atoms with Crippen LogP contribution in [-0.2, 0) is 0 Å². The lowest BCUT2D eigenvalue weighted by atomic mass is 10.1.